The number of rotatable bonds is 10. The summed E-state index contributed by atoms with van der Waals surface area (Å²) < 4.78 is 11.7. The summed E-state index contributed by atoms with van der Waals surface area (Å²) in [5, 5.41) is 0. The van der Waals surface area contributed by atoms with Crippen molar-refractivity contribution in [2.24, 2.45) is 11.7 Å². The van der Waals surface area contributed by atoms with E-state index in [1.807, 2.05) is 0 Å². The number of nitrogens with two attached hydrogens (primary N) is 1. The van der Waals surface area contributed by atoms with Gasteiger partial charge in [0.1, 0.15) is 6.23 Å². The third-order valence-electron chi connectivity index (χ3n) is 4.16. The van der Waals surface area contributed by atoms with E-state index < -0.39 is 0 Å². The molecule has 1 fully saturated rings. The van der Waals surface area contributed by atoms with Gasteiger partial charge in [-0.1, -0.05) is 58.6 Å². The van der Waals surface area contributed by atoms with Gasteiger partial charge in [-0.3, -0.25) is 0 Å². The molecule has 3 nitrogen and oxygen atoms in total. The van der Waals surface area contributed by atoms with Gasteiger partial charge in [0.25, 0.3) is 0 Å². The standard InChI is InChI=1S/C18H35NO2/c1-4-6-7-8-9-10-11-12-16-14-15(3)17(18(19)21-16)20-13-5-2/h11-12,15-18H,4-10,13-14,19H2,1-3H3/b12-11-/t15-,16?,17-,18+/m0/s1. The van der Waals surface area contributed by atoms with Crippen molar-refractivity contribution in [2.75, 3.05) is 6.61 Å². The lowest BCUT2D eigenvalue weighted by Crippen LogP contribution is -2.50. The Kier molecular flexibility index (Phi) is 9.98. The molecule has 1 unspecified atom stereocenters. The van der Waals surface area contributed by atoms with Gasteiger partial charge in [-0.2, -0.15) is 0 Å². The molecular formula is C18H35NO2. The van der Waals surface area contributed by atoms with Gasteiger partial charge in [0.2, 0.25) is 0 Å². The highest BCUT2D eigenvalue weighted by Crippen LogP contribution is 2.26. The van der Waals surface area contributed by atoms with Crippen LogP contribution in [-0.4, -0.2) is 25.0 Å². The van der Waals surface area contributed by atoms with Crippen LogP contribution in [-0.2, 0) is 9.47 Å². The van der Waals surface area contributed by atoms with Gasteiger partial charge < -0.3 is 15.2 Å². The van der Waals surface area contributed by atoms with Gasteiger partial charge >= 0.3 is 0 Å². The van der Waals surface area contributed by atoms with Crippen molar-refractivity contribution in [2.45, 2.75) is 90.6 Å². The maximum absolute atomic E-state index is 6.10. The summed E-state index contributed by atoms with van der Waals surface area (Å²) >= 11 is 0. The molecular weight excluding hydrogens is 262 g/mol. The van der Waals surface area contributed by atoms with Crippen LogP contribution in [0.15, 0.2) is 12.2 Å². The quantitative estimate of drug-likeness (QED) is 0.480. The molecule has 0 saturated carbocycles. The largest absolute Gasteiger partial charge is 0.374 e. The minimum atomic E-state index is -0.292. The van der Waals surface area contributed by atoms with Crippen molar-refractivity contribution < 1.29 is 9.47 Å². The minimum Gasteiger partial charge on any atom is -0.374 e. The second-order valence-corrected chi connectivity index (χ2v) is 6.32. The van der Waals surface area contributed by atoms with E-state index in [-0.39, 0.29) is 18.4 Å². The molecule has 0 aromatic rings. The highest BCUT2D eigenvalue weighted by atomic mass is 16.6. The predicted molar refractivity (Wildman–Crippen MR) is 89.2 cm³/mol. The monoisotopic (exact) mass is 297 g/mol. The second-order valence-electron chi connectivity index (χ2n) is 6.32. The summed E-state index contributed by atoms with van der Waals surface area (Å²) in [7, 11) is 0. The Balaban J connectivity index is 2.22. The SMILES string of the molecule is CCCCCCC/C=C\C1C[C@H](C)[C@H](OCCC)[C@H](N)O1. The normalized spacial score (nSPS) is 30.1. The molecule has 1 aliphatic heterocycles. The summed E-state index contributed by atoms with van der Waals surface area (Å²) in [4.78, 5) is 0. The minimum absolute atomic E-state index is 0.0450. The molecule has 3 heteroatoms. The molecule has 1 aliphatic rings. The van der Waals surface area contributed by atoms with E-state index in [4.69, 9.17) is 15.2 Å². The second kappa shape index (κ2) is 11.2. The van der Waals surface area contributed by atoms with Crippen LogP contribution in [0.5, 0.6) is 0 Å². The van der Waals surface area contributed by atoms with E-state index in [1.165, 1.54) is 32.1 Å². The molecule has 21 heavy (non-hydrogen) atoms. The Morgan fingerprint density at radius 3 is 2.57 bits per heavy atom. The van der Waals surface area contributed by atoms with Crippen LogP contribution in [0.25, 0.3) is 0 Å². The predicted octanol–water partition coefficient (Wildman–Crippen LogP) is 4.41. The number of unbranched alkanes of at least 4 members (excludes halogenated alkanes) is 5. The van der Waals surface area contributed by atoms with Crippen LogP contribution < -0.4 is 5.73 Å². The molecule has 0 aromatic heterocycles. The smallest absolute Gasteiger partial charge is 0.133 e. The van der Waals surface area contributed by atoms with Crippen LogP contribution in [0.4, 0.5) is 0 Å². The van der Waals surface area contributed by atoms with Gasteiger partial charge in [-0.15, -0.1) is 0 Å². The van der Waals surface area contributed by atoms with Crippen LogP contribution in [0.2, 0.25) is 0 Å². The number of hydrogen-bond acceptors (Lipinski definition) is 3. The fraction of sp³-hybridized carbons (Fsp3) is 0.889. The lowest BCUT2D eigenvalue weighted by molar-refractivity contribution is -0.148. The highest BCUT2D eigenvalue weighted by molar-refractivity contribution is 4.95. The average Bonchev–Trinajstić information content (AvgIpc) is 2.45. The molecule has 4 atom stereocenters. The van der Waals surface area contributed by atoms with Crippen LogP contribution >= 0.6 is 0 Å². The van der Waals surface area contributed by atoms with E-state index in [0.29, 0.717) is 5.92 Å². The van der Waals surface area contributed by atoms with Gasteiger partial charge in [-0.05, 0) is 31.6 Å². The fourth-order valence-electron chi connectivity index (χ4n) is 2.91. The van der Waals surface area contributed by atoms with E-state index in [1.54, 1.807) is 0 Å². The molecule has 124 valence electrons. The topological polar surface area (TPSA) is 44.5 Å². The van der Waals surface area contributed by atoms with Crippen molar-refractivity contribution in [3.8, 4) is 0 Å². The molecule has 1 heterocycles. The summed E-state index contributed by atoms with van der Waals surface area (Å²) in [6.45, 7) is 7.35. The van der Waals surface area contributed by atoms with E-state index in [0.717, 1.165) is 25.9 Å². The first kappa shape index (κ1) is 18.7. The first-order chi connectivity index (χ1) is 10.2. The highest BCUT2D eigenvalue weighted by Gasteiger charge is 2.33. The van der Waals surface area contributed by atoms with Gasteiger partial charge in [0.05, 0.1) is 12.2 Å². The lowest BCUT2D eigenvalue weighted by Gasteiger charge is -2.37. The third-order valence-corrected chi connectivity index (χ3v) is 4.16. The van der Waals surface area contributed by atoms with Crippen molar-refractivity contribution >= 4 is 0 Å². The molecule has 0 bridgehead atoms. The zero-order valence-electron chi connectivity index (χ0n) is 14.2. The number of ether oxygens (including phenoxy) is 2. The molecule has 0 aliphatic carbocycles. The Hall–Kier alpha value is -0.380. The Morgan fingerprint density at radius 2 is 1.90 bits per heavy atom. The van der Waals surface area contributed by atoms with Crippen molar-refractivity contribution in [1.82, 2.24) is 0 Å². The van der Waals surface area contributed by atoms with Crippen molar-refractivity contribution in [3.05, 3.63) is 12.2 Å². The molecule has 2 N–H and O–H groups in total. The van der Waals surface area contributed by atoms with Crippen molar-refractivity contribution in [1.29, 1.82) is 0 Å². The Labute approximate surface area is 131 Å². The maximum Gasteiger partial charge on any atom is 0.133 e. The summed E-state index contributed by atoms with van der Waals surface area (Å²) in [5.74, 6) is 0.458. The first-order valence-corrected chi connectivity index (χ1v) is 8.88. The fourth-order valence-corrected chi connectivity index (χ4v) is 2.91. The summed E-state index contributed by atoms with van der Waals surface area (Å²) in [6.07, 6.45) is 14.2. The molecule has 0 aromatic carbocycles. The summed E-state index contributed by atoms with van der Waals surface area (Å²) in [6, 6.07) is 0. The van der Waals surface area contributed by atoms with E-state index >= 15 is 0 Å². The molecule has 1 saturated heterocycles. The first-order valence-electron chi connectivity index (χ1n) is 8.88. The molecule has 0 amide bonds. The Morgan fingerprint density at radius 1 is 1.14 bits per heavy atom. The molecule has 1 rings (SSSR count). The van der Waals surface area contributed by atoms with E-state index in [2.05, 4.69) is 32.9 Å². The van der Waals surface area contributed by atoms with Gasteiger partial charge in [0.15, 0.2) is 0 Å². The Bertz CT molecular complexity index is 268. The zero-order valence-corrected chi connectivity index (χ0v) is 14.2. The van der Waals surface area contributed by atoms with Gasteiger partial charge in [0, 0.05) is 6.61 Å². The van der Waals surface area contributed by atoms with E-state index in [9.17, 15) is 0 Å². The van der Waals surface area contributed by atoms with Crippen LogP contribution in [0.3, 0.4) is 0 Å². The average molecular weight is 297 g/mol. The zero-order chi connectivity index (χ0) is 15.5. The lowest BCUT2D eigenvalue weighted by atomic mass is 9.92. The number of hydrogen-bond donors (Lipinski definition) is 1. The molecule has 0 spiro atoms. The summed E-state index contributed by atoms with van der Waals surface area (Å²) in [5.41, 5.74) is 6.10. The van der Waals surface area contributed by atoms with Crippen molar-refractivity contribution in [3.63, 3.8) is 0 Å². The van der Waals surface area contributed by atoms with Gasteiger partial charge in [-0.25, -0.2) is 0 Å². The number of allylic oxidation sites excluding steroid dienone is 1. The maximum atomic E-state index is 6.10. The molecule has 0 radical (unpaired) electrons. The third kappa shape index (κ3) is 7.44. The van der Waals surface area contributed by atoms with Crippen LogP contribution in [0, 0.1) is 5.92 Å². The van der Waals surface area contributed by atoms with Crippen LogP contribution in [0.1, 0.15) is 72.1 Å².